The Balaban J connectivity index is 2.13. The molecule has 1 aliphatic heterocycles. The van der Waals surface area contributed by atoms with Gasteiger partial charge < -0.3 is 5.11 Å². The zero-order chi connectivity index (χ0) is 18.7. The summed E-state index contributed by atoms with van der Waals surface area (Å²) in [5.41, 5.74) is -0.480. The number of hydrogen-bond donors (Lipinski definition) is 2. The van der Waals surface area contributed by atoms with E-state index in [1.54, 1.807) is 24.3 Å². The molecule has 0 atom stereocenters. The molecule has 0 radical (unpaired) electrons. The second-order valence-corrected chi connectivity index (χ2v) is 6.62. The van der Waals surface area contributed by atoms with Gasteiger partial charge in [0.05, 0.1) is 11.4 Å². The average molecular weight is 377 g/mol. The average Bonchev–Trinajstić information content (AvgIpc) is 2.63. The number of aromatic amines is 1. The van der Waals surface area contributed by atoms with E-state index in [9.17, 15) is 14.7 Å². The first kappa shape index (κ1) is 18.3. The Morgan fingerprint density at radius 3 is 2.46 bits per heavy atom. The Bertz CT molecular complexity index is 925. The third-order valence-corrected chi connectivity index (χ3v) is 4.64. The van der Waals surface area contributed by atoms with E-state index in [0.717, 1.165) is 30.5 Å². The van der Waals surface area contributed by atoms with Crippen LogP contribution in [0.3, 0.4) is 0 Å². The van der Waals surface area contributed by atoms with Crippen LogP contribution in [-0.2, 0) is 0 Å². The Morgan fingerprint density at radius 1 is 1.19 bits per heavy atom. The summed E-state index contributed by atoms with van der Waals surface area (Å²) in [6.07, 6.45) is 3.72. The number of benzene rings is 1. The molecule has 1 aliphatic rings. The first-order chi connectivity index (χ1) is 12.5. The van der Waals surface area contributed by atoms with Crippen LogP contribution in [0.4, 0.5) is 0 Å². The third kappa shape index (κ3) is 3.67. The Kier molecular flexibility index (Phi) is 5.46. The Hall–Kier alpha value is -2.54. The lowest BCUT2D eigenvalue weighted by Gasteiger charge is -2.25. The van der Waals surface area contributed by atoms with Crippen LogP contribution >= 0.6 is 11.6 Å². The zero-order valence-electron chi connectivity index (χ0n) is 14.5. The van der Waals surface area contributed by atoms with Crippen molar-refractivity contribution in [3.8, 4) is 11.6 Å². The van der Waals surface area contributed by atoms with Gasteiger partial charge in [-0.05, 0) is 49.9 Å². The molecular weight excluding hydrogens is 356 g/mol. The molecule has 3 rings (SSSR count). The van der Waals surface area contributed by atoms with Crippen molar-refractivity contribution in [2.24, 2.45) is 5.10 Å². The number of nitrogens with zero attached hydrogens (tertiary/aromatic N) is 3. The van der Waals surface area contributed by atoms with Crippen molar-refractivity contribution < 1.29 is 5.11 Å². The molecule has 26 heavy (non-hydrogen) atoms. The number of hydrazone groups is 1. The van der Waals surface area contributed by atoms with Crippen molar-refractivity contribution in [1.82, 2.24) is 14.6 Å². The maximum absolute atomic E-state index is 12.4. The molecule has 2 aromatic rings. The molecule has 0 amide bonds. The predicted molar refractivity (Wildman–Crippen MR) is 102 cm³/mol. The first-order valence-electron chi connectivity index (χ1n) is 8.68. The fourth-order valence-electron chi connectivity index (χ4n) is 3.06. The van der Waals surface area contributed by atoms with Gasteiger partial charge in [-0.25, -0.2) is 9.36 Å². The van der Waals surface area contributed by atoms with E-state index in [0.29, 0.717) is 22.8 Å². The van der Waals surface area contributed by atoms with Crippen molar-refractivity contribution in [1.29, 1.82) is 0 Å². The molecule has 0 unspecified atom stereocenters. The summed E-state index contributed by atoms with van der Waals surface area (Å²) in [5, 5.41) is 17.7. The number of H-pyrrole nitrogens is 1. The highest BCUT2D eigenvalue weighted by Crippen LogP contribution is 2.20. The predicted octanol–water partition coefficient (Wildman–Crippen LogP) is 2.48. The highest BCUT2D eigenvalue weighted by Gasteiger charge is 2.20. The van der Waals surface area contributed by atoms with Crippen LogP contribution < -0.4 is 11.2 Å². The topological polar surface area (TPSA) is 90.7 Å². The van der Waals surface area contributed by atoms with E-state index in [1.807, 2.05) is 11.9 Å². The van der Waals surface area contributed by atoms with Gasteiger partial charge in [-0.3, -0.25) is 14.8 Å². The summed E-state index contributed by atoms with van der Waals surface area (Å²) < 4.78 is 1.05. The molecule has 2 N–H and O–H groups in total. The summed E-state index contributed by atoms with van der Waals surface area (Å²) in [6, 6.07) is 6.41. The number of piperidine rings is 1. The number of nitrogens with one attached hydrogen (secondary N) is 1. The molecule has 0 bridgehead atoms. The first-order valence-corrected chi connectivity index (χ1v) is 9.06. The van der Waals surface area contributed by atoms with E-state index >= 15 is 0 Å². The molecule has 8 heteroatoms. The lowest BCUT2D eigenvalue weighted by molar-refractivity contribution is 0.239. The maximum atomic E-state index is 12.4. The van der Waals surface area contributed by atoms with E-state index in [-0.39, 0.29) is 5.56 Å². The minimum atomic E-state index is -0.716. The van der Waals surface area contributed by atoms with Crippen molar-refractivity contribution in [3.05, 3.63) is 55.7 Å². The molecule has 7 nitrogen and oxygen atoms in total. The van der Waals surface area contributed by atoms with E-state index in [4.69, 9.17) is 11.6 Å². The van der Waals surface area contributed by atoms with E-state index < -0.39 is 17.1 Å². The molecule has 1 aromatic heterocycles. The van der Waals surface area contributed by atoms with Gasteiger partial charge in [0.15, 0.2) is 0 Å². The van der Waals surface area contributed by atoms with E-state index in [1.165, 1.54) is 6.42 Å². The summed E-state index contributed by atoms with van der Waals surface area (Å²) in [6.45, 7) is 3.50. The van der Waals surface area contributed by atoms with Crippen molar-refractivity contribution >= 4 is 17.3 Å². The van der Waals surface area contributed by atoms with Crippen molar-refractivity contribution in [2.75, 3.05) is 13.1 Å². The number of aromatic hydroxyl groups is 1. The van der Waals surface area contributed by atoms with Gasteiger partial charge in [0.2, 0.25) is 5.88 Å². The van der Waals surface area contributed by atoms with Gasteiger partial charge >= 0.3 is 5.69 Å². The third-order valence-electron chi connectivity index (χ3n) is 4.39. The second-order valence-electron chi connectivity index (χ2n) is 6.18. The molecule has 2 heterocycles. The highest BCUT2D eigenvalue weighted by molar-refractivity contribution is 6.30. The molecule has 1 saturated heterocycles. The zero-order valence-corrected chi connectivity index (χ0v) is 15.3. The van der Waals surface area contributed by atoms with E-state index in [2.05, 4.69) is 10.1 Å². The normalized spacial score (nSPS) is 15.3. The number of aromatic nitrogens is 2. The lowest BCUT2D eigenvalue weighted by Crippen LogP contribution is -2.34. The van der Waals surface area contributed by atoms with Gasteiger partial charge in [-0.2, -0.15) is 5.10 Å². The van der Waals surface area contributed by atoms with Crippen LogP contribution in [0.1, 0.15) is 38.2 Å². The maximum Gasteiger partial charge on any atom is 0.335 e. The van der Waals surface area contributed by atoms with Gasteiger partial charge in [0.25, 0.3) is 5.56 Å². The van der Waals surface area contributed by atoms with Crippen LogP contribution in [-0.4, -0.2) is 38.5 Å². The number of hydrogen-bond acceptors (Lipinski definition) is 5. The minimum Gasteiger partial charge on any atom is -0.493 e. The largest absolute Gasteiger partial charge is 0.493 e. The quantitative estimate of drug-likeness (QED) is 0.802. The highest BCUT2D eigenvalue weighted by atomic mass is 35.5. The van der Waals surface area contributed by atoms with Gasteiger partial charge in [-0.15, -0.1) is 0 Å². The minimum absolute atomic E-state index is 0.0209. The van der Waals surface area contributed by atoms with Crippen LogP contribution in [0.5, 0.6) is 5.88 Å². The summed E-state index contributed by atoms with van der Waals surface area (Å²) >= 11 is 5.88. The smallest absolute Gasteiger partial charge is 0.335 e. The van der Waals surface area contributed by atoms with Crippen LogP contribution in [0.15, 0.2) is 39.0 Å². The SMILES string of the molecule is CC/C(=N\N1CCCCC1)c1c(O)n(-c2ccc(Cl)cc2)c(=O)[nH]c1=O. The molecule has 138 valence electrons. The summed E-state index contributed by atoms with van der Waals surface area (Å²) in [7, 11) is 0. The fraction of sp³-hybridized carbons (Fsp3) is 0.389. The van der Waals surface area contributed by atoms with Gasteiger partial charge in [0, 0.05) is 18.1 Å². The molecule has 0 saturated carbocycles. The van der Waals surface area contributed by atoms with Crippen LogP contribution in [0, 0.1) is 0 Å². The molecule has 0 spiro atoms. The van der Waals surface area contributed by atoms with Crippen molar-refractivity contribution in [3.63, 3.8) is 0 Å². The monoisotopic (exact) mass is 376 g/mol. The standard InChI is InChI=1S/C18H21ClN4O3/c1-2-14(21-22-10-4-3-5-11-22)15-16(24)20-18(26)23(17(15)25)13-8-6-12(19)7-9-13/h6-9,25H,2-5,10-11H2,1H3,(H,20,24,26)/b21-14+. The number of halogens is 1. The Morgan fingerprint density at radius 2 is 1.85 bits per heavy atom. The summed E-state index contributed by atoms with van der Waals surface area (Å²) in [4.78, 5) is 26.9. The summed E-state index contributed by atoms with van der Waals surface area (Å²) in [5.74, 6) is -0.418. The molecule has 1 fully saturated rings. The fourth-order valence-corrected chi connectivity index (χ4v) is 3.19. The number of rotatable bonds is 4. The molecule has 1 aromatic carbocycles. The molecular formula is C18H21ClN4O3. The van der Waals surface area contributed by atoms with Gasteiger partial charge in [0.1, 0.15) is 5.56 Å². The lowest BCUT2D eigenvalue weighted by atomic mass is 10.1. The second kappa shape index (κ2) is 7.78. The van der Waals surface area contributed by atoms with Crippen LogP contribution in [0.25, 0.3) is 5.69 Å². The molecule has 0 aliphatic carbocycles. The Labute approximate surface area is 155 Å². The van der Waals surface area contributed by atoms with Crippen molar-refractivity contribution in [2.45, 2.75) is 32.6 Å². The van der Waals surface area contributed by atoms with Crippen LogP contribution in [0.2, 0.25) is 5.02 Å². The van der Waals surface area contributed by atoms with Gasteiger partial charge in [-0.1, -0.05) is 18.5 Å².